The van der Waals surface area contributed by atoms with Crippen molar-refractivity contribution in [2.24, 2.45) is 5.92 Å². The van der Waals surface area contributed by atoms with Crippen molar-refractivity contribution in [2.75, 3.05) is 0 Å². The highest BCUT2D eigenvalue weighted by Crippen LogP contribution is 2.52. The predicted octanol–water partition coefficient (Wildman–Crippen LogP) is 3.73. The SMILES string of the molecule is CC1[CH]C2[C](CCC1)c1ccccc12. The molecule has 72 valence electrons. The van der Waals surface area contributed by atoms with E-state index < -0.39 is 0 Å². The lowest BCUT2D eigenvalue weighted by atomic mass is 9.65. The third-order valence-corrected chi connectivity index (χ3v) is 3.64. The molecular weight excluding hydrogens is 168 g/mol. The predicted molar refractivity (Wildman–Crippen MR) is 58.8 cm³/mol. The lowest BCUT2D eigenvalue weighted by Crippen LogP contribution is -2.25. The van der Waals surface area contributed by atoms with Crippen molar-refractivity contribution in [3.8, 4) is 0 Å². The molecule has 0 heterocycles. The van der Waals surface area contributed by atoms with Gasteiger partial charge in [0, 0.05) is 5.92 Å². The minimum atomic E-state index is 0.698. The van der Waals surface area contributed by atoms with Gasteiger partial charge in [-0.2, -0.15) is 0 Å². The van der Waals surface area contributed by atoms with Crippen molar-refractivity contribution in [1.29, 1.82) is 0 Å². The molecule has 2 radical (unpaired) electrons. The van der Waals surface area contributed by atoms with Crippen LogP contribution < -0.4 is 0 Å². The van der Waals surface area contributed by atoms with Gasteiger partial charge in [0.15, 0.2) is 0 Å². The van der Waals surface area contributed by atoms with Crippen molar-refractivity contribution in [2.45, 2.75) is 32.1 Å². The summed E-state index contributed by atoms with van der Waals surface area (Å²) in [5.41, 5.74) is 3.11. The van der Waals surface area contributed by atoms with Crippen LogP contribution in [0, 0.1) is 18.3 Å². The molecule has 14 heavy (non-hydrogen) atoms. The molecule has 2 atom stereocenters. The van der Waals surface area contributed by atoms with Crippen molar-refractivity contribution in [3.05, 3.63) is 47.7 Å². The molecule has 2 aliphatic rings. The average Bonchev–Trinajstić information content (AvgIpc) is 2.36. The Morgan fingerprint density at radius 2 is 2.07 bits per heavy atom. The smallest absolute Gasteiger partial charge is 0.0130 e. The number of fused-ring (bicyclic) bond motifs is 4. The van der Waals surface area contributed by atoms with Crippen LogP contribution in [0.15, 0.2) is 24.3 Å². The third-order valence-electron chi connectivity index (χ3n) is 3.64. The van der Waals surface area contributed by atoms with E-state index in [9.17, 15) is 0 Å². The molecule has 0 N–H and O–H groups in total. The number of rotatable bonds is 0. The van der Waals surface area contributed by atoms with E-state index in [1.54, 1.807) is 17.0 Å². The molecule has 1 fully saturated rings. The maximum atomic E-state index is 2.55. The summed E-state index contributed by atoms with van der Waals surface area (Å²) in [5.74, 6) is 3.19. The van der Waals surface area contributed by atoms with Gasteiger partial charge in [-0.1, -0.05) is 44.0 Å². The highest BCUT2D eigenvalue weighted by molar-refractivity contribution is 5.57. The Labute approximate surface area is 86.3 Å². The molecule has 1 aromatic carbocycles. The van der Waals surface area contributed by atoms with Crippen LogP contribution >= 0.6 is 0 Å². The zero-order chi connectivity index (χ0) is 9.54. The lowest BCUT2D eigenvalue weighted by molar-refractivity contribution is 0.585. The molecule has 1 saturated carbocycles. The Hall–Kier alpha value is -0.780. The molecule has 0 nitrogen and oxygen atoms in total. The van der Waals surface area contributed by atoms with Gasteiger partial charge in [0.25, 0.3) is 0 Å². The van der Waals surface area contributed by atoms with Gasteiger partial charge in [-0.3, -0.25) is 0 Å². The summed E-state index contributed by atoms with van der Waals surface area (Å²) in [6, 6.07) is 8.90. The van der Waals surface area contributed by atoms with Crippen LogP contribution in [0.3, 0.4) is 0 Å². The molecule has 0 bridgehead atoms. The first-order valence-electron chi connectivity index (χ1n) is 5.66. The van der Waals surface area contributed by atoms with E-state index in [4.69, 9.17) is 0 Å². The second-order valence-electron chi connectivity index (χ2n) is 4.65. The second kappa shape index (κ2) is 3.12. The summed E-state index contributed by atoms with van der Waals surface area (Å²) >= 11 is 0. The fourth-order valence-corrected chi connectivity index (χ4v) is 2.89. The van der Waals surface area contributed by atoms with Gasteiger partial charge < -0.3 is 0 Å². The van der Waals surface area contributed by atoms with E-state index in [1.165, 1.54) is 19.3 Å². The topological polar surface area (TPSA) is 0 Å². The zero-order valence-corrected chi connectivity index (χ0v) is 8.66. The van der Waals surface area contributed by atoms with Crippen LogP contribution in [0.4, 0.5) is 0 Å². The third kappa shape index (κ3) is 1.13. The van der Waals surface area contributed by atoms with Gasteiger partial charge >= 0.3 is 0 Å². The maximum absolute atomic E-state index is 2.55. The standard InChI is InChI=1S/C14H16/c1-10-5-4-8-13-11-6-2-3-7-12(11)14(13)9-10/h2-3,6-7,9-10,14H,4-5,8H2,1H3. The van der Waals surface area contributed by atoms with Crippen molar-refractivity contribution >= 4 is 0 Å². The monoisotopic (exact) mass is 184 g/mol. The Balaban J connectivity index is 1.94. The highest BCUT2D eigenvalue weighted by atomic mass is 14.4. The van der Waals surface area contributed by atoms with E-state index in [0.717, 1.165) is 5.92 Å². The average molecular weight is 184 g/mol. The Bertz CT molecular complexity index is 340. The van der Waals surface area contributed by atoms with E-state index in [2.05, 4.69) is 37.6 Å². The van der Waals surface area contributed by atoms with Crippen LogP contribution in [-0.4, -0.2) is 0 Å². The molecule has 3 rings (SSSR count). The minimum absolute atomic E-state index is 0.698. The Morgan fingerprint density at radius 1 is 1.21 bits per heavy atom. The normalized spacial score (nSPS) is 31.2. The second-order valence-corrected chi connectivity index (χ2v) is 4.65. The molecule has 0 saturated heterocycles. The van der Waals surface area contributed by atoms with Crippen LogP contribution in [0.1, 0.15) is 43.2 Å². The molecule has 0 amide bonds. The molecule has 0 aliphatic heterocycles. The summed E-state index contributed by atoms with van der Waals surface area (Å²) in [6.07, 6.45) is 6.61. The fourth-order valence-electron chi connectivity index (χ4n) is 2.89. The summed E-state index contributed by atoms with van der Waals surface area (Å²) in [5, 5.41) is 0. The van der Waals surface area contributed by atoms with Gasteiger partial charge in [-0.25, -0.2) is 0 Å². The van der Waals surface area contributed by atoms with E-state index in [1.807, 2.05) is 0 Å². The van der Waals surface area contributed by atoms with Crippen molar-refractivity contribution in [3.63, 3.8) is 0 Å². The Kier molecular flexibility index (Phi) is 1.90. The molecule has 1 aromatic rings. The molecule has 0 aromatic heterocycles. The van der Waals surface area contributed by atoms with Gasteiger partial charge in [0.2, 0.25) is 0 Å². The van der Waals surface area contributed by atoms with E-state index >= 15 is 0 Å². The molecule has 2 unspecified atom stereocenters. The van der Waals surface area contributed by atoms with Crippen molar-refractivity contribution < 1.29 is 0 Å². The van der Waals surface area contributed by atoms with E-state index in [-0.39, 0.29) is 0 Å². The van der Waals surface area contributed by atoms with Crippen LogP contribution in [0.25, 0.3) is 0 Å². The quantitative estimate of drug-likeness (QED) is 0.576. The van der Waals surface area contributed by atoms with Gasteiger partial charge in [0.05, 0.1) is 0 Å². The molecule has 0 heteroatoms. The van der Waals surface area contributed by atoms with Crippen LogP contribution in [0.2, 0.25) is 0 Å². The fraction of sp³-hybridized carbons (Fsp3) is 0.429. The van der Waals surface area contributed by atoms with Crippen LogP contribution in [0.5, 0.6) is 0 Å². The maximum Gasteiger partial charge on any atom is 0.0130 e. The first-order chi connectivity index (χ1) is 6.86. The number of benzene rings is 1. The van der Waals surface area contributed by atoms with Crippen LogP contribution in [-0.2, 0) is 0 Å². The highest BCUT2D eigenvalue weighted by Gasteiger charge is 2.39. The summed E-state index contributed by atoms with van der Waals surface area (Å²) in [6.45, 7) is 2.35. The first-order valence-corrected chi connectivity index (χ1v) is 5.66. The van der Waals surface area contributed by atoms with Gasteiger partial charge in [-0.15, -0.1) is 0 Å². The number of hydrogen-bond acceptors (Lipinski definition) is 0. The summed E-state index contributed by atoms with van der Waals surface area (Å²) < 4.78 is 0. The molecule has 2 aliphatic carbocycles. The zero-order valence-electron chi connectivity index (χ0n) is 8.66. The van der Waals surface area contributed by atoms with E-state index in [0.29, 0.717) is 5.92 Å². The van der Waals surface area contributed by atoms with Gasteiger partial charge in [0.1, 0.15) is 0 Å². The molecule has 0 spiro atoms. The number of hydrogen-bond donors (Lipinski definition) is 0. The first kappa shape index (κ1) is 8.52. The molecular formula is C14H16. The Morgan fingerprint density at radius 3 is 3.00 bits per heavy atom. The summed E-state index contributed by atoms with van der Waals surface area (Å²) in [4.78, 5) is 0. The van der Waals surface area contributed by atoms with Gasteiger partial charge in [-0.05, 0) is 35.8 Å². The minimum Gasteiger partial charge on any atom is -0.0622 e. The lowest BCUT2D eigenvalue weighted by Gasteiger charge is -2.38. The van der Waals surface area contributed by atoms with Crippen molar-refractivity contribution in [1.82, 2.24) is 0 Å². The largest absolute Gasteiger partial charge is 0.0622 e. The summed E-state index contributed by atoms with van der Waals surface area (Å²) in [7, 11) is 0.